The molecule has 0 atom stereocenters. The normalized spacial score (nSPS) is 11.8. The fraction of sp³-hybridized carbons (Fsp3) is 0.278. The lowest BCUT2D eigenvalue weighted by Gasteiger charge is -2.21. The van der Waals surface area contributed by atoms with Crippen LogP contribution in [0.5, 0.6) is 0 Å². The molecule has 0 saturated carbocycles. The quantitative estimate of drug-likeness (QED) is 0.522. The summed E-state index contributed by atoms with van der Waals surface area (Å²) in [6.45, 7) is 0.0614. The summed E-state index contributed by atoms with van der Waals surface area (Å²) in [6, 6.07) is 8.48. The zero-order chi connectivity index (χ0) is 20.1. The number of oxazole rings is 1. The zero-order valence-corrected chi connectivity index (χ0v) is 16.2. The predicted molar refractivity (Wildman–Crippen MR) is 99.1 cm³/mol. The number of nitrogens with zero attached hydrogens (tertiary/aromatic N) is 3. The molecule has 148 valence electrons. The minimum Gasteiger partial charge on any atom is -0.464 e. The van der Waals surface area contributed by atoms with Crippen LogP contribution in [0.15, 0.2) is 52.1 Å². The van der Waals surface area contributed by atoms with Crippen LogP contribution in [0.2, 0.25) is 0 Å². The van der Waals surface area contributed by atoms with Gasteiger partial charge >= 0.3 is 5.97 Å². The molecule has 0 N–H and O–H groups in total. The second-order valence-corrected chi connectivity index (χ2v) is 7.69. The fourth-order valence-electron chi connectivity index (χ4n) is 2.63. The third-order valence-corrected chi connectivity index (χ3v) is 5.89. The molecule has 0 spiro atoms. The Bertz CT molecular complexity index is 1070. The summed E-state index contributed by atoms with van der Waals surface area (Å²) in [5.74, 6) is -0.604. The SMILES string of the molecule is COCCN(Cc1nc(C(=O)OC)co1)S(=O)(=O)c1cccc2cccnc12. The van der Waals surface area contributed by atoms with E-state index in [1.165, 1.54) is 30.8 Å². The number of carbonyl (C=O) groups excluding carboxylic acids is 1. The van der Waals surface area contributed by atoms with Crippen LogP contribution in [0.1, 0.15) is 16.4 Å². The highest BCUT2D eigenvalue weighted by molar-refractivity contribution is 7.89. The molecule has 0 aliphatic rings. The Morgan fingerprint density at radius 1 is 1.21 bits per heavy atom. The van der Waals surface area contributed by atoms with Crippen molar-refractivity contribution in [1.29, 1.82) is 0 Å². The third-order valence-electron chi connectivity index (χ3n) is 4.02. The van der Waals surface area contributed by atoms with Crippen LogP contribution in [-0.4, -0.2) is 56.0 Å². The van der Waals surface area contributed by atoms with Crippen molar-refractivity contribution in [1.82, 2.24) is 14.3 Å². The molecule has 0 fully saturated rings. The molecule has 10 heteroatoms. The molecule has 0 unspecified atom stereocenters. The number of benzene rings is 1. The van der Waals surface area contributed by atoms with Crippen LogP contribution in [0.3, 0.4) is 0 Å². The predicted octanol–water partition coefficient (Wildman–Crippen LogP) is 1.85. The largest absolute Gasteiger partial charge is 0.464 e. The lowest BCUT2D eigenvalue weighted by Crippen LogP contribution is -2.34. The lowest BCUT2D eigenvalue weighted by molar-refractivity contribution is 0.0594. The first-order chi connectivity index (χ1) is 13.5. The Kier molecular flexibility index (Phi) is 6.02. The molecule has 2 heterocycles. The molecule has 0 saturated heterocycles. The van der Waals surface area contributed by atoms with Gasteiger partial charge in [-0.25, -0.2) is 18.2 Å². The second kappa shape index (κ2) is 8.46. The van der Waals surface area contributed by atoms with Gasteiger partial charge in [0.1, 0.15) is 11.2 Å². The summed E-state index contributed by atoms with van der Waals surface area (Å²) in [5.41, 5.74) is 0.337. The first kappa shape index (κ1) is 19.9. The van der Waals surface area contributed by atoms with Gasteiger partial charge in [0, 0.05) is 25.2 Å². The zero-order valence-electron chi connectivity index (χ0n) is 15.4. The molecule has 0 amide bonds. The molecule has 0 aliphatic heterocycles. The van der Waals surface area contributed by atoms with E-state index in [1.54, 1.807) is 24.3 Å². The van der Waals surface area contributed by atoms with Gasteiger partial charge in [-0.2, -0.15) is 4.31 Å². The summed E-state index contributed by atoms with van der Waals surface area (Å²) >= 11 is 0. The summed E-state index contributed by atoms with van der Waals surface area (Å²) in [4.78, 5) is 19.8. The highest BCUT2D eigenvalue weighted by Crippen LogP contribution is 2.25. The fourth-order valence-corrected chi connectivity index (χ4v) is 4.17. The van der Waals surface area contributed by atoms with Crippen LogP contribution < -0.4 is 0 Å². The van der Waals surface area contributed by atoms with E-state index in [4.69, 9.17) is 9.15 Å². The monoisotopic (exact) mass is 405 g/mol. The van der Waals surface area contributed by atoms with Gasteiger partial charge in [-0.3, -0.25) is 4.98 Å². The number of rotatable bonds is 8. The van der Waals surface area contributed by atoms with Crippen molar-refractivity contribution in [3.63, 3.8) is 0 Å². The Morgan fingerprint density at radius 3 is 2.75 bits per heavy atom. The highest BCUT2D eigenvalue weighted by atomic mass is 32.2. The van der Waals surface area contributed by atoms with Crippen LogP contribution in [-0.2, 0) is 26.0 Å². The molecule has 0 aliphatic carbocycles. The van der Waals surface area contributed by atoms with Crippen molar-refractivity contribution in [2.24, 2.45) is 0 Å². The number of esters is 1. The van der Waals surface area contributed by atoms with Crippen molar-refractivity contribution in [2.45, 2.75) is 11.4 Å². The van der Waals surface area contributed by atoms with Crippen LogP contribution in [0.25, 0.3) is 10.9 Å². The number of hydrogen-bond acceptors (Lipinski definition) is 8. The Balaban J connectivity index is 1.98. The number of fused-ring (bicyclic) bond motifs is 1. The highest BCUT2D eigenvalue weighted by Gasteiger charge is 2.28. The van der Waals surface area contributed by atoms with Gasteiger partial charge in [-0.05, 0) is 12.1 Å². The van der Waals surface area contributed by atoms with Gasteiger partial charge in [0.2, 0.25) is 15.9 Å². The van der Waals surface area contributed by atoms with E-state index < -0.39 is 16.0 Å². The number of sulfonamides is 1. The molecule has 0 radical (unpaired) electrons. The maximum atomic E-state index is 13.3. The maximum Gasteiger partial charge on any atom is 0.360 e. The number of carbonyl (C=O) groups is 1. The molecule has 1 aromatic carbocycles. The van der Waals surface area contributed by atoms with E-state index in [1.807, 2.05) is 0 Å². The van der Waals surface area contributed by atoms with Gasteiger partial charge in [0.05, 0.1) is 25.8 Å². The van der Waals surface area contributed by atoms with Gasteiger partial charge in [-0.1, -0.05) is 18.2 Å². The van der Waals surface area contributed by atoms with Gasteiger partial charge in [0.25, 0.3) is 0 Å². The molecule has 3 rings (SSSR count). The van der Waals surface area contributed by atoms with Crippen molar-refractivity contribution in [2.75, 3.05) is 27.4 Å². The minimum atomic E-state index is -3.94. The number of hydrogen-bond donors (Lipinski definition) is 0. The average Bonchev–Trinajstić information content (AvgIpc) is 3.18. The van der Waals surface area contributed by atoms with Crippen LogP contribution in [0, 0.1) is 0 Å². The van der Waals surface area contributed by atoms with Crippen molar-refractivity contribution in [3.05, 3.63) is 54.4 Å². The maximum absolute atomic E-state index is 13.3. The Morgan fingerprint density at radius 2 is 2.00 bits per heavy atom. The topological polar surface area (TPSA) is 112 Å². The summed E-state index contributed by atoms with van der Waals surface area (Å²) in [7, 11) is -1.24. The molecule has 3 aromatic rings. The van der Waals surface area contributed by atoms with Crippen LogP contribution >= 0.6 is 0 Å². The number of ether oxygens (including phenoxy) is 2. The summed E-state index contributed by atoms with van der Waals surface area (Å²) in [6.07, 6.45) is 2.67. The Hall–Kier alpha value is -2.82. The molecular weight excluding hydrogens is 386 g/mol. The lowest BCUT2D eigenvalue weighted by atomic mass is 10.2. The first-order valence-corrected chi connectivity index (χ1v) is 9.77. The first-order valence-electron chi connectivity index (χ1n) is 8.33. The third kappa shape index (κ3) is 4.03. The van der Waals surface area contributed by atoms with Crippen molar-refractivity contribution in [3.8, 4) is 0 Å². The summed E-state index contributed by atoms with van der Waals surface area (Å²) < 4.78 is 42.7. The van der Waals surface area contributed by atoms with Gasteiger partial charge < -0.3 is 13.9 Å². The van der Waals surface area contributed by atoms with Crippen LogP contribution in [0.4, 0.5) is 0 Å². The standard InChI is InChI=1S/C18H19N3O6S/c1-25-10-9-21(11-16-20-14(12-27-16)18(22)26-2)28(23,24)15-7-3-5-13-6-4-8-19-17(13)15/h3-8,12H,9-11H2,1-2H3. The van der Waals surface area contributed by atoms with E-state index in [9.17, 15) is 13.2 Å². The van der Waals surface area contributed by atoms with Crippen molar-refractivity contribution < 1.29 is 27.1 Å². The number of methoxy groups -OCH3 is 2. The molecule has 28 heavy (non-hydrogen) atoms. The smallest absolute Gasteiger partial charge is 0.360 e. The molecule has 0 bridgehead atoms. The van der Waals surface area contributed by atoms with Gasteiger partial charge in [-0.15, -0.1) is 0 Å². The van der Waals surface area contributed by atoms with E-state index >= 15 is 0 Å². The van der Waals surface area contributed by atoms with Gasteiger partial charge in [0.15, 0.2) is 5.69 Å². The molecule has 9 nitrogen and oxygen atoms in total. The van der Waals surface area contributed by atoms with E-state index in [-0.39, 0.29) is 36.2 Å². The average molecular weight is 405 g/mol. The van der Waals surface area contributed by atoms with E-state index in [2.05, 4.69) is 14.7 Å². The van der Waals surface area contributed by atoms with Crippen molar-refractivity contribution >= 4 is 26.9 Å². The number of pyridine rings is 1. The number of aromatic nitrogens is 2. The molecule has 2 aromatic heterocycles. The van der Waals surface area contributed by atoms with E-state index in [0.717, 1.165) is 6.26 Å². The summed E-state index contributed by atoms with van der Waals surface area (Å²) in [5, 5.41) is 0.708. The van der Waals surface area contributed by atoms with E-state index in [0.29, 0.717) is 10.9 Å². The second-order valence-electron chi connectivity index (χ2n) is 5.78. The molecular formula is C18H19N3O6S. The Labute approximate surface area is 162 Å². The number of para-hydroxylation sites is 1. The minimum absolute atomic E-state index is 0.0339.